The van der Waals surface area contributed by atoms with Crippen LogP contribution < -0.4 is 10.6 Å². The molecule has 0 spiro atoms. The van der Waals surface area contributed by atoms with E-state index in [1.54, 1.807) is 49.5 Å². The minimum Gasteiger partial charge on any atom is -0.355 e. The van der Waals surface area contributed by atoms with Crippen LogP contribution in [0.5, 0.6) is 0 Å². The van der Waals surface area contributed by atoms with Crippen molar-refractivity contribution in [2.24, 2.45) is 0 Å². The van der Waals surface area contributed by atoms with E-state index in [0.717, 1.165) is 0 Å². The lowest BCUT2D eigenvalue weighted by Gasteiger charge is -2.06. The fourth-order valence-corrected chi connectivity index (χ4v) is 1.74. The average molecular weight is 290 g/mol. The standard InChI is InChI=1S/C14H12ClN3O2/c1-16-13(19)9-5-7-10(8-6-9)17-14(20)11-3-2-4-12(15)18-11/h2-8H,1H3,(H,16,19)(H,17,20). The number of nitrogens with zero attached hydrogens (tertiary/aromatic N) is 1. The van der Waals surface area contributed by atoms with Crippen molar-refractivity contribution in [3.05, 3.63) is 58.9 Å². The van der Waals surface area contributed by atoms with Crippen LogP contribution in [0.25, 0.3) is 0 Å². The van der Waals surface area contributed by atoms with Crippen LogP contribution in [0.2, 0.25) is 5.15 Å². The van der Waals surface area contributed by atoms with Crippen molar-refractivity contribution in [1.82, 2.24) is 10.3 Å². The van der Waals surface area contributed by atoms with E-state index in [-0.39, 0.29) is 22.7 Å². The smallest absolute Gasteiger partial charge is 0.274 e. The molecule has 0 aliphatic heterocycles. The number of carbonyl (C=O) groups is 2. The van der Waals surface area contributed by atoms with Crippen LogP contribution in [0, 0.1) is 0 Å². The van der Waals surface area contributed by atoms with Crippen LogP contribution in [-0.4, -0.2) is 23.8 Å². The van der Waals surface area contributed by atoms with E-state index in [1.165, 1.54) is 0 Å². The summed E-state index contributed by atoms with van der Waals surface area (Å²) in [6.07, 6.45) is 0. The number of pyridine rings is 1. The molecule has 102 valence electrons. The van der Waals surface area contributed by atoms with E-state index in [0.29, 0.717) is 11.3 Å². The van der Waals surface area contributed by atoms with Gasteiger partial charge in [-0.05, 0) is 36.4 Å². The van der Waals surface area contributed by atoms with Gasteiger partial charge < -0.3 is 10.6 Å². The molecule has 2 rings (SSSR count). The fourth-order valence-electron chi connectivity index (χ4n) is 1.58. The highest BCUT2D eigenvalue weighted by molar-refractivity contribution is 6.29. The van der Waals surface area contributed by atoms with Crippen molar-refractivity contribution in [1.29, 1.82) is 0 Å². The van der Waals surface area contributed by atoms with Gasteiger partial charge in [0.1, 0.15) is 10.8 Å². The Morgan fingerprint density at radius 1 is 1.05 bits per heavy atom. The van der Waals surface area contributed by atoms with Crippen LogP contribution in [0.4, 0.5) is 5.69 Å². The van der Waals surface area contributed by atoms with Gasteiger partial charge in [-0.3, -0.25) is 9.59 Å². The fraction of sp³-hybridized carbons (Fsp3) is 0.0714. The first-order chi connectivity index (χ1) is 9.60. The Hall–Kier alpha value is -2.40. The van der Waals surface area contributed by atoms with Crippen molar-refractivity contribution in [3.63, 3.8) is 0 Å². The van der Waals surface area contributed by atoms with Gasteiger partial charge in [-0.2, -0.15) is 0 Å². The molecule has 1 aromatic carbocycles. The third-order valence-electron chi connectivity index (χ3n) is 2.58. The second-order valence-corrected chi connectivity index (χ2v) is 4.34. The van der Waals surface area contributed by atoms with Crippen molar-refractivity contribution >= 4 is 29.1 Å². The number of hydrogen-bond donors (Lipinski definition) is 2. The summed E-state index contributed by atoms with van der Waals surface area (Å²) < 4.78 is 0. The van der Waals surface area contributed by atoms with Gasteiger partial charge in [0, 0.05) is 18.3 Å². The SMILES string of the molecule is CNC(=O)c1ccc(NC(=O)c2cccc(Cl)n2)cc1. The predicted molar refractivity (Wildman–Crippen MR) is 77.0 cm³/mol. The molecule has 0 unspecified atom stereocenters. The minimum absolute atomic E-state index is 0.181. The number of anilines is 1. The lowest BCUT2D eigenvalue weighted by molar-refractivity contribution is 0.0962. The van der Waals surface area contributed by atoms with Crippen molar-refractivity contribution < 1.29 is 9.59 Å². The molecule has 0 aliphatic rings. The molecule has 6 heteroatoms. The van der Waals surface area contributed by atoms with E-state index in [9.17, 15) is 9.59 Å². The Morgan fingerprint density at radius 2 is 1.75 bits per heavy atom. The Balaban J connectivity index is 2.10. The molecule has 0 atom stereocenters. The second-order valence-electron chi connectivity index (χ2n) is 3.96. The number of hydrogen-bond acceptors (Lipinski definition) is 3. The van der Waals surface area contributed by atoms with Gasteiger partial charge >= 0.3 is 0 Å². The molecular weight excluding hydrogens is 278 g/mol. The van der Waals surface area contributed by atoms with Crippen molar-refractivity contribution in [2.75, 3.05) is 12.4 Å². The predicted octanol–water partition coefficient (Wildman–Crippen LogP) is 2.35. The van der Waals surface area contributed by atoms with Crippen LogP contribution in [-0.2, 0) is 0 Å². The van der Waals surface area contributed by atoms with Gasteiger partial charge in [0.2, 0.25) is 0 Å². The number of carbonyl (C=O) groups excluding carboxylic acids is 2. The molecule has 1 aromatic heterocycles. The third-order valence-corrected chi connectivity index (χ3v) is 2.79. The summed E-state index contributed by atoms with van der Waals surface area (Å²) in [6.45, 7) is 0. The number of amides is 2. The van der Waals surface area contributed by atoms with Gasteiger partial charge in [-0.15, -0.1) is 0 Å². The molecule has 2 N–H and O–H groups in total. The summed E-state index contributed by atoms with van der Waals surface area (Å²) >= 11 is 5.73. The lowest BCUT2D eigenvalue weighted by atomic mass is 10.2. The maximum atomic E-state index is 11.9. The van der Waals surface area contributed by atoms with Gasteiger partial charge in [0.05, 0.1) is 0 Å². The normalized spacial score (nSPS) is 9.90. The first-order valence-electron chi connectivity index (χ1n) is 5.86. The maximum Gasteiger partial charge on any atom is 0.274 e. The molecule has 2 amide bonds. The average Bonchev–Trinajstić information content (AvgIpc) is 2.47. The Bertz CT molecular complexity index is 641. The molecule has 0 saturated heterocycles. The monoisotopic (exact) mass is 289 g/mol. The van der Waals surface area contributed by atoms with Crippen molar-refractivity contribution in [3.8, 4) is 0 Å². The van der Waals surface area contributed by atoms with Gasteiger partial charge in [-0.1, -0.05) is 17.7 Å². The zero-order chi connectivity index (χ0) is 14.5. The summed E-state index contributed by atoms with van der Waals surface area (Å²) in [5, 5.41) is 5.46. The highest BCUT2D eigenvalue weighted by Gasteiger charge is 2.08. The van der Waals surface area contributed by atoms with E-state index in [2.05, 4.69) is 15.6 Å². The zero-order valence-corrected chi connectivity index (χ0v) is 11.4. The molecule has 20 heavy (non-hydrogen) atoms. The van der Waals surface area contributed by atoms with E-state index >= 15 is 0 Å². The third kappa shape index (κ3) is 3.33. The molecular formula is C14H12ClN3O2. The van der Waals surface area contributed by atoms with E-state index in [1.807, 2.05) is 0 Å². The summed E-state index contributed by atoms with van der Waals surface area (Å²) in [5.41, 5.74) is 1.32. The number of aromatic nitrogens is 1. The summed E-state index contributed by atoms with van der Waals surface area (Å²) in [4.78, 5) is 27.2. The molecule has 0 fully saturated rings. The van der Waals surface area contributed by atoms with Crippen LogP contribution in [0.15, 0.2) is 42.5 Å². The Kier molecular flexibility index (Phi) is 4.32. The molecule has 0 aliphatic carbocycles. The summed E-state index contributed by atoms with van der Waals surface area (Å²) in [5.74, 6) is -0.542. The van der Waals surface area contributed by atoms with E-state index < -0.39 is 0 Å². The molecule has 1 heterocycles. The maximum absolute atomic E-state index is 11.9. The Labute approximate surface area is 121 Å². The number of halogens is 1. The largest absolute Gasteiger partial charge is 0.355 e. The number of nitrogens with one attached hydrogen (secondary N) is 2. The highest BCUT2D eigenvalue weighted by Crippen LogP contribution is 2.12. The minimum atomic E-state index is -0.361. The zero-order valence-electron chi connectivity index (χ0n) is 10.7. The Morgan fingerprint density at radius 3 is 2.35 bits per heavy atom. The molecule has 0 bridgehead atoms. The molecule has 0 radical (unpaired) electrons. The number of benzene rings is 1. The topological polar surface area (TPSA) is 71.1 Å². The van der Waals surface area contributed by atoms with E-state index in [4.69, 9.17) is 11.6 Å². The first-order valence-corrected chi connectivity index (χ1v) is 6.24. The molecule has 2 aromatic rings. The van der Waals surface area contributed by atoms with Crippen LogP contribution in [0.3, 0.4) is 0 Å². The highest BCUT2D eigenvalue weighted by atomic mass is 35.5. The number of rotatable bonds is 3. The first kappa shape index (κ1) is 14.0. The van der Waals surface area contributed by atoms with Crippen molar-refractivity contribution in [2.45, 2.75) is 0 Å². The molecule has 0 saturated carbocycles. The second kappa shape index (κ2) is 6.16. The molecule has 5 nitrogen and oxygen atoms in total. The van der Waals surface area contributed by atoms with Crippen LogP contribution >= 0.6 is 11.6 Å². The quantitative estimate of drug-likeness (QED) is 0.852. The lowest BCUT2D eigenvalue weighted by Crippen LogP contribution is -2.18. The van der Waals surface area contributed by atoms with Gasteiger partial charge in [-0.25, -0.2) is 4.98 Å². The van der Waals surface area contributed by atoms with Gasteiger partial charge in [0.15, 0.2) is 0 Å². The van der Waals surface area contributed by atoms with Gasteiger partial charge in [0.25, 0.3) is 11.8 Å². The summed E-state index contributed by atoms with van der Waals surface area (Å²) in [6, 6.07) is 11.4. The van der Waals surface area contributed by atoms with Crippen LogP contribution in [0.1, 0.15) is 20.8 Å². The summed E-state index contributed by atoms with van der Waals surface area (Å²) in [7, 11) is 1.56.